The minimum Gasteiger partial charge on any atom is -0.383 e. The fourth-order valence-corrected chi connectivity index (χ4v) is 2.26. The lowest BCUT2D eigenvalue weighted by molar-refractivity contribution is -0.142. The second kappa shape index (κ2) is 5.74. The Balaban J connectivity index is 2.01. The molecule has 1 aliphatic rings. The lowest BCUT2D eigenvalue weighted by Crippen LogP contribution is -2.40. The zero-order valence-electron chi connectivity index (χ0n) is 11.9. The van der Waals surface area contributed by atoms with Crippen LogP contribution in [-0.4, -0.2) is 37.8 Å². The normalized spacial score (nSPS) is 16.7. The van der Waals surface area contributed by atoms with Gasteiger partial charge >= 0.3 is 0 Å². The fraction of sp³-hybridized carbons (Fsp3) is 0.714. The first kappa shape index (κ1) is 14.1. The highest BCUT2D eigenvalue weighted by atomic mass is 16.3. The van der Waals surface area contributed by atoms with Crippen molar-refractivity contribution in [1.29, 1.82) is 0 Å². The van der Waals surface area contributed by atoms with Crippen molar-refractivity contribution in [3.63, 3.8) is 0 Å². The molecule has 1 aromatic rings. The molecule has 106 valence electrons. The van der Waals surface area contributed by atoms with Gasteiger partial charge in [0.15, 0.2) is 0 Å². The third-order valence-corrected chi connectivity index (χ3v) is 3.36. The molecule has 5 nitrogen and oxygen atoms in total. The van der Waals surface area contributed by atoms with Gasteiger partial charge in [0, 0.05) is 31.4 Å². The Morgan fingerprint density at radius 2 is 2.26 bits per heavy atom. The van der Waals surface area contributed by atoms with Crippen molar-refractivity contribution in [2.24, 2.45) is 13.0 Å². The second-order valence-electron chi connectivity index (χ2n) is 5.86. The summed E-state index contributed by atoms with van der Waals surface area (Å²) in [6, 6.07) is 0.300. The molecule has 19 heavy (non-hydrogen) atoms. The van der Waals surface area contributed by atoms with E-state index in [1.807, 2.05) is 32.0 Å². The monoisotopic (exact) mass is 265 g/mol. The van der Waals surface area contributed by atoms with Gasteiger partial charge in [-0.15, -0.1) is 0 Å². The minimum atomic E-state index is -0.878. The summed E-state index contributed by atoms with van der Waals surface area (Å²) < 4.78 is 1.73. The fourth-order valence-electron chi connectivity index (χ4n) is 2.26. The molecule has 0 saturated heterocycles. The van der Waals surface area contributed by atoms with Gasteiger partial charge in [-0.05, 0) is 25.2 Å². The van der Waals surface area contributed by atoms with E-state index >= 15 is 0 Å². The number of amides is 1. The number of nitrogens with zero attached hydrogens (tertiary/aromatic N) is 3. The van der Waals surface area contributed by atoms with E-state index in [-0.39, 0.29) is 5.91 Å². The molecule has 1 N–H and O–H groups in total. The van der Waals surface area contributed by atoms with E-state index in [1.165, 1.54) is 0 Å². The number of carbonyl (C=O) groups is 1. The molecule has 1 fully saturated rings. The van der Waals surface area contributed by atoms with Crippen LogP contribution in [0, 0.1) is 5.92 Å². The molecule has 1 saturated carbocycles. The van der Waals surface area contributed by atoms with Crippen molar-refractivity contribution in [2.45, 2.75) is 51.8 Å². The molecule has 0 aromatic carbocycles. The van der Waals surface area contributed by atoms with Gasteiger partial charge in [-0.1, -0.05) is 13.8 Å². The van der Waals surface area contributed by atoms with Crippen LogP contribution in [0.5, 0.6) is 0 Å². The lowest BCUT2D eigenvalue weighted by Gasteiger charge is -2.25. The topological polar surface area (TPSA) is 58.4 Å². The van der Waals surface area contributed by atoms with Crippen LogP contribution in [0.3, 0.4) is 0 Å². The van der Waals surface area contributed by atoms with Crippen LogP contribution in [0.4, 0.5) is 0 Å². The average molecular weight is 265 g/mol. The van der Waals surface area contributed by atoms with Crippen LogP contribution < -0.4 is 0 Å². The molecule has 1 aromatic heterocycles. The molecule has 1 aliphatic carbocycles. The Hall–Kier alpha value is -1.36. The van der Waals surface area contributed by atoms with Crippen molar-refractivity contribution >= 4 is 5.91 Å². The number of aromatic nitrogens is 2. The van der Waals surface area contributed by atoms with Crippen molar-refractivity contribution in [3.8, 4) is 0 Å². The SMILES string of the molecule is CC(C)C[C@H](O)C(=O)N(Cc1cnn(C)c1)C1CC1. The molecule has 0 spiro atoms. The summed E-state index contributed by atoms with van der Waals surface area (Å²) >= 11 is 0. The molecular weight excluding hydrogens is 242 g/mol. The quantitative estimate of drug-likeness (QED) is 0.844. The Bertz CT molecular complexity index is 438. The molecule has 0 aliphatic heterocycles. The van der Waals surface area contributed by atoms with Crippen LogP contribution in [0.25, 0.3) is 0 Å². The van der Waals surface area contributed by atoms with Crippen LogP contribution in [0.2, 0.25) is 0 Å². The summed E-state index contributed by atoms with van der Waals surface area (Å²) in [5, 5.41) is 14.1. The molecule has 0 unspecified atom stereocenters. The number of carbonyl (C=O) groups excluding carboxylic acids is 1. The maximum Gasteiger partial charge on any atom is 0.251 e. The zero-order chi connectivity index (χ0) is 14.0. The van der Waals surface area contributed by atoms with E-state index in [2.05, 4.69) is 5.10 Å². The molecule has 0 radical (unpaired) electrons. The number of hydrogen-bond acceptors (Lipinski definition) is 3. The van der Waals surface area contributed by atoms with E-state index < -0.39 is 6.10 Å². The number of aryl methyl sites for hydroxylation is 1. The predicted octanol–water partition coefficient (Wildman–Crippen LogP) is 1.32. The van der Waals surface area contributed by atoms with Gasteiger partial charge in [0.1, 0.15) is 6.10 Å². The first-order chi connectivity index (χ1) is 8.97. The Labute approximate surface area is 114 Å². The molecular formula is C14H23N3O2. The van der Waals surface area contributed by atoms with E-state index in [9.17, 15) is 9.90 Å². The second-order valence-corrected chi connectivity index (χ2v) is 5.86. The summed E-state index contributed by atoms with van der Waals surface area (Å²) in [6.45, 7) is 4.57. The summed E-state index contributed by atoms with van der Waals surface area (Å²) in [4.78, 5) is 14.1. The zero-order valence-corrected chi connectivity index (χ0v) is 11.9. The molecule has 1 heterocycles. The van der Waals surface area contributed by atoms with Gasteiger partial charge in [0.2, 0.25) is 0 Å². The maximum absolute atomic E-state index is 12.3. The van der Waals surface area contributed by atoms with Crippen LogP contribution in [-0.2, 0) is 18.4 Å². The van der Waals surface area contributed by atoms with Gasteiger partial charge in [-0.3, -0.25) is 9.48 Å². The maximum atomic E-state index is 12.3. The van der Waals surface area contributed by atoms with Gasteiger partial charge in [0.05, 0.1) is 6.20 Å². The Kier molecular flexibility index (Phi) is 4.24. The van der Waals surface area contributed by atoms with Gasteiger partial charge < -0.3 is 10.0 Å². The smallest absolute Gasteiger partial charge is 0.251 e. The van der Waals surface area contributed by atoms with Gasteiger partial charge in [-0.2, -0.15) is 5.10 Å². The molecule has 5 heteroatoms. The summed E-state index contributed by atoms with van der Waals surface area (Å²) in [5.41, 5.74) is 1.01. The van der Waals surface area contributed by atoms with Crippen LogP contribution in [0.1, 0.15) is 38.7 Å². The van der Waals surface area contributed by atoms with E-state index in [1.54, 1.807) is 10.9 Å². The Morgan fingerprint density at radius 1 is 1.58 bits per heavy atom. The molecule has 2 rings (SSSR count). The standard InChI is InChI=1S/C14H23N3O2/c1-10(2)6-13(18)14(19)17(12-4-5-12)9-11-7-15-16(3)8-11/h7-8,10,12-13,18H,4-6,9H2,1-3H3/t13-/m0/s1. The van der Waals surface area contributed by atoms with Crippen molar-refractivity contribution in [3.05, 3.63) is 18.0 Å². The van der Waals surface area contributed by atoms with Crippen molar-refractivity contribution in [1.82, 2.24) is 14.7 Å². The number of aliphatic hydroxyl groups excluding tert-OH is 1. The van der Waals surface area contributed by atoms with Crippen LogP contribution in [0.15, 0.2) is 12.4 Å². The van der Waals surface area contributed by atoms with Crippen LogP contribution >= 0.6 is 0 Å². The average Bonchev–Trinajstić information content (AvgIpc) is 3.08. The molecule has 1 atom stereocenters. The number of hydrogen-bond donors (Lipinski definition) is 1. The van der Waals surface area contributed by atoms with Gasteiger partial charge in [-0.25, -0.2) is 0 Å². The summed E-state index contributed by atoms with van der Waals surface area (Å²) in [5.74, 6) is 0.179. The summed E-state index contributed by atoms with van der Waals surface area (Å²) in [7, 11) is 1.86. The largest absolute Gasteiger partial charge is 0.383 e. The minimum absolute atomic E-state index is 0.139. The first-order valence-corrected chi connectivity index (χ1v) is 6.93. The molecule has 0 bridgehead atoms. The van der Waals surface area contributed by atoms with E-state index in [0.29, 0.717) is 24.9 Å². The number of aliphatic hydroxyl groups is 1. The molecule has 1 amide bonds. The highest BCUT2D eigenvalue weighted by molar-refractivity contribution is 5.81. The predicted molar refractivity (Wildman–Crippen MR) is 72.2 cm³/mol. The van der Waals surface area contributed by atoms with Gasteiger partial charge in [0.25, 0.3) is 5.91 Å². The Morgan fingerprint density at radius 3 is 2.74 bits per heavy atom. The van der Waals surface area contributed by atoms with Crippen molar-refractivity contribution in [2.75, 3.05) is 0 Å². The third-order valence-electron chi connectivity index (χ3n) is 3.36. The highest BCUT2D eigenvalue weighted by Crippen LogP contribution is 2.29. The summed E-state index contributed by atoms with van der Waals surface area (Å²) in [6.07, 6.45) is 5.42. The lowest BCUT2D eigenvalue weighted by atomic mass is 10.0. The first-order valence-electron chi connectivity index (χ1n) is 6.93. The van der Waals surface area contributed by atoms with E-state index in [0.717, 1.165) is 18.4 Å². The highest BCUT2D eigenvalue weighted by Gasteiger charge is 2.35. The van der Waals surface area contributed by atoms with E-state index in [4.69, 9.17) is 0 Å². The third kappa shape index (κ3) is 3.80. The van der Waals surface area contributed by atoms with Crippen molar-refractivity contribution < 1.29 is 9.90 Å². The number of rotatable bonds is 6.